The van der Waals surface area contributed by atoms with Crippen molar-refractivity contribution in [3.63, 3.8) is 0 Å². The molecule has 19 heavy (non-hydrogen) atoms. The number of rotatable bonds is 7. The summed E-state index contributed by atoms with van der Waals surface area (Å²) >= 11 is 1.83. The summed E-state index contributed by atoms with van der Waals surface area (Å²) in [6.07, 6.45) is 0.518. The zero-order valence-corrected chi connectivity index (χ0v) is 13.4. The molecule has 0 fully saturated rings. The zero-order valence-electron chi connectivity index (χ0n) is 11.7. The first-order chi connectivity index (χ1) is 8.67. The molecule has 0 radical (unpaired) electrons. The maximum Gasteiger partial charge on any atom is 0.221 e. The largest absolute Gasteiger partial charge is 0.350 e. The Hall–Kier alpha value is -0.710. The first kappa shape index (κ1) is 18.3. The van der Waals surface area contributed by atoms with Gasteiger partial charge in [0.1, 0.15) is 0 Å². The Labute approximate surface area is 126 Å². The van der Waals surface area contributed by atoms with Crippen LogP contribution in [-0.2, 0) is 4.79 Å². The fraction of sp³-hybridized carbons (Fsp3) is 0.500. The molecule has 3 nitrogen and oxygen atoms in total. The molecule has 1 amide bonds. The van der Waals surface area contributed by atoms with Gasteiger partial charge in [0.2, 0.25) is 5.91 Å². The summed E-state index contributed by atoms with van der Waals surface area (Å²) < 4.78 is 0. The quantitative estimate of drug-likeness (QED) is 0.761. The first-order valence-electron chi connectivity index (χ1n) is 6.34. The number of hydrogen-bond donors (Lipinski definition) is 2. The van der Waals surface area contributed by atoms with Gasteiger partial charge < -0.3 is 10.6 Å². The highest BCUT2D eigenvalue weighted by Crippen LogP contribution is 2.20. The van der Waals surface area contributed by atoms with Gasteiger partial charge in [-0.15, -0.1) is 24.2 Å². The highest BCUT2D eigenvalue weighted by molar-refractivity contribution is 7.99. The van der Waals surface area contributed by atoms with Crippen LogP contribution in [0.15, 0.2) is 29.2 Å². The van der Waals surface area contributed by atoms with Crippen molar-refractivity contribution in [1.29, 1.82) is 0 Å². The molecule has 1 rings (SSSR count). The molecule has 0 saturated heterocycles. The molecule has 0 bridgehead atoms. The van der Waals surface area contributed by atoms with Crippen molar-refractivity contribution in [2.24, 2.45) is 0 Å². The van der Waals surface area contributed by atoms with Gasteiger partial charge in [-0.2, -0.15) is 0 Å². The van der Waals surface area contributed by atoms with Gasteiger partial charge >= 0.3 is 0 Å². The van der Waals surface area contributed by atoms with Crippen molar-refractivity contribution < 1.29 is 4.79 Å². The third kappa shape index (κ3) is 6.85. The van der Waals surface area contributed by atoms with Gasteiger partial charge in [0.15, 0.2) is 0 Å². The number of amides is 1. The Balaban J connectivity index is 0.00000324. The van der Waals surface area contributed by atoms with Crippen LogP contribution < -0.4 is 10.6 Å². The van der Waals surface area contributed by atoms with Gasteiger partial charge in [-0.25, -0.2) is 0 Å². The molecule has 108 valence electrons. The van der Waals surface area contributed by atoms with Gasteiger partial charge in [0.05, 0.1) is 6.04 Å². The third-order valence-electron chi connectivity index (χ3n) is 2.67. The first-order valence-corrected chi connectivity index (χ1v) is 7.32. The Morgan fingerprint density at radius 3 is 2.47 bits per heavy atom. The van der Waals surface area contributed by atoms with E-state index in [0.29, 0.717) is 13.0 Å². The van der Waals surface area contributed by atoms with E-state index in [0.717, 1.165) is 11.3 Å². The topological polar surface area (TPSA) is 41.1 Å². The lowest BCUT2D eigenvalue weighted by molar-refractivity contribution is -0.121. The van der Waals surface area contributed by atoms with E-state index in [2.05, 4.69) is 41.8 Å². The molecule has 5 heteroatoms. The summed E-state index contributed by atoms with van der Waals surface area (Å²) in [4.78, 5) is 12.9. The van der Waals surface area contributed by atoms with Crippen molar-refractivity contribution in [2.45, 2.75) is 31.2 Å². The summed E-state index contributed by atoms with van der Waals surface area (Å²) in [5, 5.41) is 5.97. The van der Waals surface area contributed by atoms with Gasteiger partial charge in [-0.05, 0) is 37.4 Å². The molecule has 1 aromatic carbocycles. The van der Waals surface area contributed by atoms with E-state index in [1.165, 1.54) is 4.90 Å². The molecule has 0 aliphatic carbocycles. The monoisotopic (exact) mass is 302 g/mol. The number of carbonyl (C=O) groups excluding carboxylic acids is 1. The zero-order chi connectivity index (χ0) is 13.4. The van der Waals surface area contributed by atoms with Crippen molar-refractivity contribution in [1.82, 2.24) is 10.6 Å². The summed E-state index contributed by atoms with van der Waals surface area (Å²) in [5.41, 5.74) is 1.15. The van der Waals surface area contributed by atoms with Gasteiger partial charge in [-0.3, -0.25) is 4.79 Å². The van der Waals surface area contributed by atoms with Crippen LogP contribution in [0.25, 0.3) is 0 Å². The highest BCUT2D eigenvalue weighted by atomic mass is 35.5. The van der Waals surface area contributed by atoms with Crippen molar-refractivity contribution in [2.75, 3.05) is 19.3 Å². The smallest absolute Gasteiger partial charge is 0.221 e. The van der Waals surface area contributed by atoms with E-state index in [1.54, 1.807) is 0 Å². The lowest BCUT2D eigenvalue weighted by Crippen LogP contribution is -2.28. The molecule has 0 aliphatic heterocycles. The van der Waals surface area contributed by atoms with E-state index in [9.17, 15) is 4.79 Å². The van der Waals surface area contributed by atoms with Crippen LogP contribution in [0.5, 0.6) is 0 Å². The third-order valence-corrected chi connectivity index (χ3v) is 3.56. The molecule has 0 aromatic heterocycles. The van der Waals surface area contributed by atoms with Crippen LogP contribution in [0.3, 0.4) is 0 Å². The molecule has 1 aromatic rings. The maximum atomic E-state index is 11.6. The molecule has 2 N–H and O–H groups in total. The summed E-state index contributed by atoms with van der Waals surface area (Å²) in [6, 6.07) is 8.46. The summed E-state index contributed by atoms with van der Waals surface area (Å²) in [7, 11) is 1.85. The van der Waals surface area contributed by atoms with Crippen molar-refractivity contribution in [3.05, 3.63) is 29.8 Å². The minimum atomic E-state index is 0. The number of hydrogen-bond acceptors (Lipinski definition) is 3. The summed E-state index contributed by atoms with van der Waals surface area (Å²) in [5.74, 6) is 1.17. The van der Waals surface area contributed by atoms with Crippen LogP contribution in [-0.4, -0.2) is 25.3 Å². The van der Waals surface area contributed by atoms with Crippen LogP contribution in [0, 0.1) is 0 Å². The molecular weight excluding hydrogens is 280 g/mol. The fourth-order valence-corrected chi connectivity index (χ4v) is 2.32. The minimum absolute atomic E-state index is 0. The average Bonchev–Trinajstić information content (AvgIpc) is 2.37. The van der Waals surface area contributed by atoms with Crippen LogP contribution in [0.1, 0.15) is 31.9 Å². The second-order valence-electron chi connectivity index (χ2n) is 4.14. The maximum absolute atomic E-state index is 11.6. The predicted octanol–water partition coefficient (Wildman–Crippen LogP) is 3.01. The van der Waals surface area contributed by atoms with Gasteiger partial charge in [-0.1, -0.05) is 19.1 Å². The van der Waals surface area contributed by atoms with E-state index in [-0.39, 0.29) is 24.4 Å². The molecule has 0 aliphatic rings. The Morgan fingerprint density at radius 2 is 1.95 bits per heavy atom. The molecule has 1 unspecified atom stereocenters. The van der Waals surface area contributed by atoms with Crippen molar-refractivity contribution >= 4 is 30.1 Å². The lowest BCUT2D eigenvalue weighted by atomic mass is 10.1. The van der Waals surface area contributed by atoms with E-state index in [1.807, 2.05) is 25.7 Å². The summed E-state index contributed by atoms with van der Waals surface area (Å²) in [6.45, 7) is 4.87. The van der Waals surface area contributed by atoms with Crippen molar-refractivity contribution in [3.8, 4) is 0 Å². The van der Waals surface area contributed by atoms with Crippen LogP contribution in [0.4, 0.5) is 0 Å². The lowest BCUT2D eigenvalue weighted by Gasteiger charge is -2.14. The number of halogens is 1. The van der Waals surface area contributed by atoms with Gasteiger partial charge in [0.25, 0.3) is 0 Å². The van der Waals surface area contributed by atoms with E-state index >= 15 is 0 Å². The normalized spacial score (nSPS) is 11.5. The van der Waals surface area contributed by atoms with Crippen LogP contribution >= 0.6 is 24.2 Å². The molecule has 0 saturated carbocycles. The second kappa shape index (κ2) is 10.1. The second-order valence-corrected chi connectivity index (χ2v) is 5.48. The minimum Gasteiger partial charge on any atom is -0.350 e. The predicted molar refractivity (Wildman–Crippen MR) is 85.2 cm³/mol. The fourth-order valence-electron chi connectivity index (χ4n) is 1.65. The highest BCUT2D eigenvalue weighted by Gasteiger charge is 2.08. The van der Waals surface area contributed by atoms with Crippen LogP contribution in [0.2, 0.25) is 0 Å². The van der Waals surface area contributed by atoms with E-state index in [4.69, 9.17) is 0 Å². The molecule has 0 heterocycles. The number of benzene rings is 1. The van der Waals surface area contributed by atoms with Gasteiger partial charge in [0, 0.05) is 17.9 Å². The number of carbonyl (C=O) groups is 1. The standard InChI is InChI=1S/C14H22N2OS.ClH/c1-4-18-13-7-5-12(6-8-13)11(2)16-14(17)9-10-15-3;/h5-8,11,15H,4,9-10H2,1-3H3,(H,16,17);1H. The Morgan fingerprint density at radius 1 is 1.32 bits per heavy atom. The Kier molecular flexibility index (Phi) is 9.74. The molecule has 0 spiro atoms. The molecule has 1 atom stereocenters. The Bertz CT molecular complexity index is 370. The number of nitrogens with one attached hydrogen (secondary N) is 2. The van der Waals surface area contributed by atoms with E-state index < -0.39 is 0 Å². The number of thioether (sulfide) groups is 1. The average molecular weight is 303 g/mol. The SMILES string of the molecule is CCSc1ccc(C(C)NC(=O)CCNC)cc1.Cl. The molecular formula is C14H23ClN2OS.